The summed E-state index contributed by atoms with van der Waals surface area (Å²) in [6, 6.07) is 0. The summed E-state index contributed by atoms with van der Waals surface area (Å²) in [7, 11) is 0. The van der Waals surface area contributed by atoms with Crippen molar-refractivity contribution < 1.29 is 14.3 Å². The molecule has 146 valence electrons. The van der Waals surface area contributed by atoms with E-state index in [-0.39, 0.29) is 17.6 Å². The van der Waals surface area contributed by atoms with Gasteiger partial charge in [-0.1, -0.05) is 0 Å². The van der Waals surface area contributed by atoms with Crippen molar-refractivity contribution in [3.8, 4) is 0 Å². The highest BCUT2D eigenvalue weighted by atomic mass is 32.1. The fourth-order valence-electron chi connectivity index (χ4n) is 3.16. The summed E-state index contributed by atoms with van der Waals surface area (Å²) in [6.45, 7) is 10.2. The molecule has 2 aromatic heterocycles. The van der Waals surface area contributed by atoms with Crippen molar-refractivity contribution >= 4 is 33.4 Å². The van der Waals surface area contributed by atoms with Crippen molar-refractivity contribution in [2.45, 2.75) is 40.3 Å². The van der Waals surface area contributed by atoms with Crippen LogP contribution in [0, 0.1) is 6.92 Å². The summed E-state index contributed by atoms with van der Waals surface area (Å²) in [4.78, 5) is 48.5. The molecule has 3 rings (SSSR count). The number of nitrogens with zero attached hydrogens (tertiary/aromatic N) is 3. The smallest absolute Gasteiger partial charge is 0.348 e. The highest BCUT2D eigenvalue weighted by molar-refractivity contribution is 7.20. The molecule has 1 aliphatic rings. The highest BCUT2D eigenvalue weighted by Gasteiger charge is 2.23. The van der Waals surface area contributed by atoms with E-state index in [9.17, 15) is 14.4 Å². The minimum Gasteiger partial charge on any atom is -0.459 e. The Labute approximate surface area is 161 Å². The Morgan fingerprint density at radius 3 is 2.52 bits per heavy atom. The van der Waals surface area contributed by atoms with Gasteiger partial charge < -0.3 is 14.6 Å². The second-order valence-electron chi connectivity index (χ2n) is 6.99. The van der Waals surface area contributed by atoms with E-state index in [0.717, 1.165) is 13.1 Å². The van der Waals surface area contributed by atoms with Crippen LogP contribution in [0.2, 0.25) is 0 Å². The molecule has 8 nitrogen and oxygen atoms in total. The molecule has 0 atom stereocenters. The third kappa shape index (κ3) is 4.19. The lowest BCUT2D eigenvalue weighted by Gasteiger charge is -2.33. The second kappa shape index (κ2) is 7.77. The van der Waals surface area contributed by atoms with Crippen LogP contribution in [0.3, 0.4) is 0 Å². The molecule has 1 saturated heterocycles. The molecule has 0 aliphatic carbocycles. The number of nitrogens with one attached hydrogen (secondary N) is 1. The summed E-state index contributed by atoms with van der Waals surface area (Å²) < 4.78 is 5.26. The lowest BCUT2D eigenvalue weighted by molar-refractivity contribution is -0.130. The summed E-state index contributed by atoms with van der Waals surface area (Å²) >= 11 is 1.19. The first-order valence-electron chi connectivity index (χ1n) is 8.97. The third-order valence-corrected chi connectivity index (χ3v) is 5.73. The molecule has 0 saturated carbocycles. The SMILES string of the molecule is CC(=O)N1CCN(Cc2nc3sc(C(=O)OC(C)C)c(C)c3c(=O)[nH]2)CC1. The van der Waals surface area contributed by atoms with E-state index >= 15 is 0 Å². The Bertz CT molecular complexity index is 925. The zero-order chi connectivity index (χ0) is 19.7. The summed E-state index contributed by atoms with van der Waals surface area (Å²) in [5.74, 6) is 0.220. The van der Waals surface area contributed by atoms with Crippen LogP contribution >= 0.6 is 11.3 Å². The predicted octanol–water partition coefficient (Wildman–Crippen LogP) is 1.52. The molecule has 27 heavy (non-hydrogen) atoms. The van der Waals surface area contributed by atoms with Crippen molar-refractivity contribution in [1.82, 2.24) is 19.8 Å². The number of piperazine rings is 1. The summed E-state index contributed by atoms with van der Waals surface area (Å²) in [5, 5.41) is 0.445. The number of rotatable bonds is 4. The molecule has 0 unspecified atom stereocenters. The van der Waals surface area contributed by atoms with Crippen LogP contribution in [-0.4, -0.2) is 63.9 Å². The molecule has 2 aromatic rings. The number of ether oxygens (including phenoxy) is 1. The van der Waals surface area contributed by atoms with Crippen LogP contribution in [0.25, 0.3) is 10.2 Å². The molecule has 3 heterocycles. The quantitative estimate of drug-likeness (QED) is 0.793. The van der Waals surface area contributed by atoms with Gasteiger partial charge in [-0.05, 0) is 26.3 Å². The van der Waals surface area contributed by atoms with Gasteiger partial charge in [-0.15, -0.1) is 11.3 Å². The number of carbonyl (C=O) groups excluding carboxylic acids is 2. The van der Waals surface area contributed by atoms with Gasteiger partial charge in [-0.2, -0.15) is 0 Å². The van der Waals surface area contributed by atoms with Crippen molar-refractivity contribution in [3.63, 3.8) is 0 Å². The van der Waals surface area contributed by atoms with Crippen molar-refractivity contribution in [2.75, 3.05) is 26.2 Å². The Hall–Kier alpha value is -2.26. The average molecular weight is 392 g/mol. The largest absolute Gasteiger partial charge is 0.459 e. The molecule has 0 radical (unpaired) electrons. The van der Waals surface area contributed by atoms with E-state index < -0.39 is 5.97 Å². The van der Waals surface area contributed by atoms with E-state index in [1.165, 1.54) is 11.3 Å². The number of amides is 1. The van der Waals surface area contributed by atoms with E-state index in [4.69, 9.17) is 4.74 Å². The van der Waals surface area contributed by atoms with Gasteiger partial charge in [0.1, 0.15) is 15.5 Å². The van der Waals surface area contributed by atoms with Crippen LogP contribution in [-0.2, 0) is 16.1 Å². The van der Waals surface area contributed by atoms with Crippen molar-refractivity contribution in [2.24, 2.45) is 0 Å². The monoisotopic (exact) mass is 392 g/mol. The van der Waals surface area contributed by atoms with Crippen LogP contribution in [0.15, 0.2) is 4.79 Å². The number of carbonyl (C=O) groups is 2. The Morgan fingerprint density at radius 1 is 1.26 bits per heavy atom. The van der Waals surface area contributed by atoms with Crippen LogP contribution < -0.4 is 5.56 Å². The van der Waals surface area contributed by atoms with Crippen LogP contribution in [0.1, 0.15) is 41.8 Å². The predicted molar refractivity (Wildman–Crippen MR) is 103 cm³/mol. The standard InChI is InChI=1S/C18H24N4O4S/c1-10(2)26-18(25)15-11(3)14-16(24)19-13(20-17(14)27-15)9-21-5-7-22(8-6-21)12(4)23/h10H,5-9H2,1-4H3,(H,19,20,24). The number of esters is 1. The molecule has 0 spiro atoms. The maximum atomic E-state index is 12.5. The highest BCUT2D eigenvalue weighted by Crippen LogP contribution is 2.28. The fraction of sp³-hybridized carbons (Fsp3) is 0.556. The minimum atomic E-state index is -0.424. The molecule has 1 amide bonds. The summed E-state index contributed by atoms with van der Waals surface area (Å²) in [6.07, 6.45) is -0.224. The number of aromatic amines is 1. The maximum absolute atomic E-state index is 12.5. The van der Waals surface area contributed by atoms with Gasteiger partial charge in [0, 0.05) is 33.1 Å². The van der Waals surface area contributed by atoms with Gasteiger partial charge in [0.05, 0.1) is 18.0 Å². The number of aromatic nitrogens is 2. The number of thiophene rings is 1. The molecule has 1 fully saturated rings. The lowest BCUT2D eigenvalue weighted by Crippen LogP contribution is -2.47. The zero-order valence-corrected chi connectivity index (χ0v) is 16.8. The van der Waals surface area contributed by atoms with Gasteiger partial charge in [0.2, 0.25) is 5.91 Å². The first-order valence-corrected chi connectivity index (χ1v) is 9.79. The molecule has 9 heteroatoms. The average Bonchev–Trinajstić information content (AvgIpc) is 2.92. The number of aryl methyl sites for hydroxylation is 1. The van der Waals surface area contributed by atoms with E-state index in [0.29, 0.717) is 46.1 Å². The van der Waals surface area contributed by atoms with E-state index in [1.807, 2.05) is 4.90 Å². The minimum absolute atomic E-state index is 0.0810. The molecule has 1 N–H and O–H groups in total. The number of H-pyrrole nitrogens is 1. The number of hydrogen-bond acceptors (Lipinski definition) is 7. The molecular formula is C18H24N4O4S. The van der Waals surface area contributed by atoms with Gasteiger partial charge in [0.25, 0.3) is 5.56 Å². The zero-order valence-electron chi connectivity index (χ0n) is 16.0. The topological polar surface area (TPSA) is 95.6 Å². The molecule has 0 aromatic carbocycles. The van der Waals surface area contributed by atoms with E-state index in [1.54, 1.807) is 27.7 Å². The van der Waals surface area contributed by atoms with Gasteiger partial charge in [-0.25, -0.2) is 9.78 Å². The first-order chi connectivity index (χ1) is 12.8. The lowest BCUT2D eigenvalue weighted by atomic mass is 10.2. The Balaban J connectivity index is 1.82. The van der Waals surface area contributed by atoms with Gasteiger partial charge >= 0.3 is 5.97 Å². The van der Waals surface area contributed by atoms with E-state index in [2.05, 4.69) is 14.9 Å². The third-order valence-electron chi connectivity index (χ3n) is 4.57. The van der Waals surface area contributed by atoms with Crippen molar-refractivity contribution in [1.29, 1.82) is 0 Å². The molecule has 1 aliphatic heterocycles. The summed E-state index contributed by atoms with van der Waals surface area (Å²) in [5.41, 5.74) is 0.366. The maximum Gasteiger partial charge on any atom is 0.348 e. The van der Waals surface area contributed by atoms with Crippen LogP contribution in [0.5, 0.6) is 0 Å². The Kier molecular flexibility index (Phi) is 5.61. The Morgan fingerprint density at radius 2 is 1.93 bits per heavy atom. The van der Waals surface area contributed by atoms with Crippen molar-refractivity contribution in [3.05, 3.63) is 26.6 Å². The van der Waals surface area contributed by atoms with Gasteiger partial charge in [-0.3, -0.25) is 14.5 Å². The number of fused-ring (bicyclic) bond motifs is 1. The van der Waals surface area contributed by atoms with Gasteiger partial charge in [0.15, 0.2) is 0 Å². The second-order valence-corrected chi connectivity index (χ2v) is 7.98. The molecular weight excluding hydrogens is 368 g/mol. The first kappa shape index (κ1) is 19.5. The number of hydrogen-bond donors (Lipinski definition) is 1. The molecule has 0 bridgehead atoms. The van der Waals surface area contributed by atoms with Crippen LogP contribution in [0.4, 0.5) is 0 Å². The normalized spacial score (nSPS) is 15.5. The fourth-order valence-corrected chi connectivity index (χ4v) is 4.24.